The summed E-state index contributed by atoms with van der Waals surface area (Å²) in [4.78, 5) is 14.9. The van der Waals surface area contributed by atoms with E-state index in [1.807, 2.05) is 14.1 Å². The van der Waals surface area contributed by atoms with Crippen LogP contribution in [0.5, 0.6) is 0 Å². The third-order valence-corrected chi connectivity index (χ3v) is 4.75. The van der Waals surface area contributed by atoms with Gasteiger partial charge in [-0.15, -0.1) is 0 Å². The molecule has 0 bridgehead atoms. The van der Waals surface area contributed by atoms with Crippen LogP contribution in [-0.2, 0) is 11.2 Å². The number of hydrogen-bond donors (Lipinski definition) is 0. The van der Waals surface area contributed by atoms with Crippen LogP contribution in [0.4, 0.5) is 4.39 Å². The van der Waals surface area contributed by atoms with Crippen molar-refractivity contribution in [3.8, 4) is 0 Å². The fourth-order valence-corrected chi connectivity index (χ4v) is 3.17. The Balaban J connectivity index is 2.13. The van der Waals surface area contributed by atoms with Gasteiger partial charge in [0, 0.05) is 6.42 Å². The van der Waals surface area contributed by atoms with Crippen molar-refractivity contribution < 1.29 is 9.18 Å². The summed E-state index contributed by atoms with van der Waals surface area (Å²) in [5.41, 5.74) is 0.567. The average Bonchev–Trinajstić information content (AvgIpc) is 2.42. The number of Topliss-reactive ketones (excluding diaryl/α,β-unsaturated/α-hetero) is 1. The molecule has 2 nitrogen and oxygen atoms in total. The third kappa shape index (κ3) is 3.09. The summed E-state index contributed by atoms with van der Waals surface area (Å²) in [6.45, 7) is 2.25. The van der Waals surface area contributed by atoms with Gasteiger partial charge in [0.15, 0.2) is 5.78 Å². The first-order chi connectivity index (χ1) is 9.44. The van der Waals surface area contributed by atoms with Crippen LogP contribution in [0.3, 0.4) is 0 Å². The smallest absolute Gasteiger partial charge is 0.157 e. The second kappa shape index (κ2) is 6.04. The molecule has 1 fully saturated rings. The van der Waals surface area contributed by atoms with E-state index >= 15 is 0 Å². The molecular weight excluding hydrogens is 253 g/mol. The Hall–Kier alpha value is -1.22. The fourth-order valence-electron chi connectivity index (χ4n) is 3.17. The molecule has 3 heteroatoms. The predicted octanol–water partition coefficient (Wildman–Crippen LogP) is 3.45. The van der Waals surface area contributed by atoms with Crippen LogP contribution >= 0.6 is 0 Å². The van der Waals surface area contributed by atoms with Crippen molar-refractivity contribution in [3.05, 3.63) is 35.6 Å². The number of likely N-dealkylation sites (N-methyl/N-ethyl adjacent to an activating group) is 1. The Kier molecular flexibility index (Phi) is 4.59. The largest absolute Gasteiger partial charge is 0.297 e. The van der Waals surface area contributed by atoms with Crippen molar-refractivity contribution in [2.45, 2.75) is 44.6 Å². The molecule has 1 aliphatic rings. The summed E-state index contributed by atoms with van der Waals surface area (Å²) in [6, 6.07) is 6.27. The van der Waals surface area contributed by atoms with Gasteiger partial charge in [0.25, 0.3) is 0 Å². The standard InChI is InChI=1S/C17H24FNO/c1-13-8-10-17(11-9-13,19(2)3)16(20)12-14-4-6-15(18)7-5-14/h4-7,13H,8-12H2,1-3H3. The SMILES string of the molecule is CC1CCC(C(=O)Cc2ccc(F)cc2)(N(C)C)CC1. The minimum atomic E-state index is -0.332. The van der Waals surface area contributed by atoms with Crippen LogP contribution in [0.1, 0.15) is 38.2 Å². The summed E-state index contributed by atoms with van der Waals surface area (Å²) in [5.74, 6) is 0.720. The average molecular weight is 277 g/mol. The lowest BCUT2D eigenvalue weighted by molar-refractivity contribution is -0.131. The number of ketones is 1. The van der Waals surface area contributed by atoms with E-state index in [1.165, 1.54) is 12.1 Å². The van der Waals surface area contributed by atoms with Crippen molar-refractivity contribution in [2.75, 3.05) is 14.1 Å². The van der Waals surface area contributed by atoms with Gasteiger partial charge >= 0.3 is 0 Å². The van der Waals surface area contributed by atoms with E-state index in [1.54, 1.807) is 12.1 Å². The van der Waals surface area contributed by atoms with E-state index in [2.05, 4.69) is 11.8 Å². The van der Waals surface area contributed by atoms with E-state index in [-0.39, 0.29) is 17.1 Å². The van der Waals surface area contributed by atoms with Gasteiger partial charge in [-0.3, -0.25) is 9.69 Å². The summed E-state index contributed by atoms with van der Waals surface area (Å²) < 4.78 is 12.9. The van der Waals surface area contributed by atoms with Gasteiger partial charge in [-0.25, -0.2) is 4.39 Å². The molecule has 20 heavy (non-hydrogen) atoms. The monoisotopic (exact) mass is 277 g/mol. The predicted molar refractivity (Wildman–Crippen MR) is 79.2 cm³/mol. The molecule has 0 atom stereocenters. The van der Waals surface area contributed by atoms with Gasteiger partial charge in [0.05, 0.1) is 5.54 Å². The molecule has 1 aromatic carbocycles. The number of halogens is 1. The van der Waals surface area contributed by atoms with E-state index in [0.717, 1.165) is 31.2 Å². The van der Waals surface area contributed by atoms with Gasteiger partial charge in [-0.05, 0) is 63.4 Å². The maximum absolute atomic E-state index is 12.9. The van der Waals surface area contributed by atoms with E-state index < -0.39 is 0 Å². The highest BCUT2D eigenvalue weighted by molar-refractivity contribution is 5.90. The molecule has 0 saturated heterocycles. The summed E-state index contributed by atoms with van der Waals surface area (Å²) in [7, 11) is 4.00. The number of hydrogen-bond acceptors (Lipinski definition) is 2. The molecule has 110 valence electrons. The summed E-state index contributed by atoms with van der Waals surface area (Å²) >= 11 is 0. The first kappa shape index (κ1) is 15.2. The second-order valence-corrected chi connectivity index (χ2v) is 6.33. The zero-order valence-corrected chi connectivity index (χ0v) is 12.7. The maximum Gasteiger partial charge on any atom is 0.157 e. The topological polar surface area (TPSA) is 20.3 Å². The Labute approximate surface area is 121 Å². The number of nitrogens with zero attached hydrogens (tertiary/aromatic N) is 1. The van der Waals surface area contributed by atoms with Crippen molar-refractivity contribution in [2.24, 2.45) is 5.92 Å². The number of rotatable bonds is 4. The highest BCUT2D eigenvalue weighted by Crippen LogP contribution is 2.36. The van der Waals surface area contributed by atoms with Crippen LogP contribution in [-0.4, -0.2) is 30.3 Å². The van der Waals surface area contributed by atoms with Crippen LogP contribution in [0, 0.1) is 11.7 Å². The normalized spacial score (nSPS) is 26.8. The molecule has 1 saturated carbocycles. The third-order valence-electron chi connectivity index (χ3n) is 4.75. The van der Waals surface area contributed by atoms with Gasteiger partial charge in [0.2, 0.25) is 0 Å². The lowest BCUT2D eigenvalue weighted by Gasteiger charge is -2.43. The molecule has 0 amide bonds. The van der Waals surface area contributed by atoms with Gasteiger partial charge in [0.1, 0.15) is 5.82 Å². The molecule has 1 aromatic rings. The van der Waals surface area contributed by atoms with Crippen LogP contribution in [0.15, 0.2) is 24.3 Å². The molecule has 0 unspecified atom stereocenters. The van der Waals surface area contributed by atoms with Crippen molar-refractivity contribution >= 4 is 5.78 Å². The molecule has 2 rings (SSSR count). The Morgan fingerprint density at radius 3 is 2.30 bits per heavy atom. The van der Waals surface area contributed by atoms with Crippen LogP contribution in [0.25, 0.3) is 0 Å². The number of benzene rings is 1. The lowest BCUT2D eigenvalue weighted by Crippen LogP contribution is -2.53. The van der Waals surface area contributed by atoms with Crippen LogP contribution in [0.2, 0.25) is 0 Å². The van der Waals surface area contributed by atoms with Gasteiger partial charge in [-0.2, -0.15) is 0 Å². The quantitative estimate of drug-likeness (QED) is 0.840. The molecule has 0 heterocycles. The molecular formula is C17H24FNO. The zero-order chi connectivity index (χ0) is 14.8. The summed E-state index contributed by atoms with van der Waals surface area (Å²) in [5, 5.41) is 0. The Bertz CT molecular complexity index is 458. The first-order valence-electron chi connectivity index (χ1n) is 7.39. The van der Waals surface area contributed by atoms with Crippen molar-refractivity contribution in [1.29, 1.82) is 0 Å². The van der Waals surface area contributed by atoms with E-state index in [4.69, 9.17) is 0 Å². The molecule has 0 N–H and O–H groups in total. The minimum absolute atomic E-state index is 0.255. The lowest BCUT2D eigenvalue weighted by atomic mass is 9.72. The fraction of sp³-hybridized carbons (Fsp3) is 0.588. The molecule has 0 radical (unpaired) electrons. The van der Waals surface area contributed by atoms with Crippen molar-refractivity contribution in [1.82, 2.24) is 4.90 Å². The zero-order valence-electron chi connectivity index (χ0n) is 12.7. The van der Waals surface area contributed by atoms with Gasteiger partial charge in [-0.1, -0.05) is 19.1 Å². The molecule has 0 aromatic heterocycles. The van der Waals surface area contributed by atoms with Crippen molar-refractivity contribution in [3.63, 3.8) is 0 Å². The van der Waals surface area contributed by atoms with E-state index in [0.29, 0.717) is 12.3 Å². The second-order valence-electron chi connectivity index (χ2n) is 6.33. The molecule has 0 aliphatic heterocycles. The highest BCUT2D eigenvalue weighted by atomic mass is 19.1. The maximum atomic E-state index is 12.9. The Morgan fingerprint density at radius 2 is 1.80 bits per heavy atom. The summed E-state index contributed by atoms with van der Waals surface area (Å²) in [6.07, 6.45) is 4.47. The Morgan fingerprint density at radius 1 is 1.25 bits per heavy atom. The van der Waals surface area contributed by atoms with Gasteiger partial charge < -0.3 is 0 Å². The minimum Gasteiger partial charge on any atom is -0.297 e. The number of carbonyl (C=O) groups is 1. The van der Waals surface area contributed by atoms with Crippen LogP contribution < -0.4 is 0 Å². The number of carbonyl (C=O) groups excluding carboxylic acids is 1. The van der Waals surface area contributed by atoms with E-state index in [9.17, 15) is 9.18 Å². The molecule has 0 spiro atoms. The highest BCUT2D eigenvalue weighted by Gasteiger charge is 2.42. The molecule has 1 aliphatic carbocycles. The first-order valence-corrected chi connectivity index (χ1v) is 7.39.